The number of morpholine rings is 1. The molecule has 0 amide bonds. The molecule has 1 aromatic heterocycles. The molecule has 1 fully saturated rings. The van der Waals surface area contributed by atoms with Gasteiger partial charge in [-0.1, -0.05) is 53.2 Å². The van der Waals surface area contributed by atoms with Gasteiger partial charge in [0.25, 0.3) is 0 Å². The third kappa shape index (κ3) is 4.29. The second-order valence-electron chi connectivity index (χ2n) is 6.47. The lowest BCUT2D eigenvalue weighted by Crippen LogP contribution is -2.37. The van der Waals surface area contributed by atoms with Gasteiger partial charge < -0.3 is 9.64 Å². The van der Waals surface area contributed by atoms with Crippen molar-refractivity contribution in [1.82, 2.24) is 14.8 Å². The van der Waals surface area contributed by atoms with Crippen molar-refractivity contribution >= 4 is 29.3 Å². The molecule has 0 unspecified atom stereocenters. The summed E-state index contributed by atoms with van der Waals surface area (Å²) in [6.45, 7) is 5.16. The molecule has 0 saturated carbocycles. The zero-order chi connectivity index (χ0) is 18.6. The number of aromatic nitrogens is 3. The monoisotopic (exact) mass is 400 g/mol. The van der Waals surface area contributed by atoms with E-state index in [0.29, 0.717) is 13.2 Å². The smallest absolute Gasteiger partial charge is 0.232 e. The van der Waals surface area contributed by atoms with Crippen LogP contribution in [0.25, 0.3) is 5.69 Å². The molecule has 0 N–H and O–H groups in total. The lowest BCUT2D eigenvalue weighted by Gasteiger charge is -2.28. The lowest BCUT2D eigenvalue weighted by atomic mass is 10.2. The topological polar surface area (TPSA) is 43.2 Å². The number of benzene rings is 2. The molecule has 1 aliphatic rings. The Kier molecular flexibility index (Phi) is 5.66. The third-order valence-electron chi connectivity index (χ3n) is 4.46. The van der Waals surface area contributed by atoms with Gasteiger partial charge >= 0.3 is 0 Å². The number of hydrogen-bond donors (Lipinski definition) is 0. The minimum atomic E-state index is 0.714. The maximum atomic E-state index is 6.11. The maximum absolute atomic E-state index is 6.11. The SMILES string of the molecule is Cc1ccc(-n2c(SCc3cccc(Cl)c3)nnc2N2CCOCC2)cc1. The van der Waals surface area contributed by atoms with Crippen LogP contribution in [-0.2, 0) is 10.5 Å². The van der Waals surface area contributed by atoms with Crippen molar-refractivity contribution in [2.24, 2.45) is 0 Å². The normalized spacial score (nSPS) is 14.5. The summed E-state index contributed by atoms with van der Waals surface area (Å²) < 4.78 is 7.63. The molecule has 0 radical (unpaired) electrons. The zero-order valence-corrected chi connectivity index (χ0v) is 16.7. The first-order valence-corrected chi connectivity index (χ1v) is 10.3. The Morgan fingerprint density at radius 2 is 1.85 bits per heavy atom. The van der Waals surface area contributed by atoms with Crippen molar-refractivity contribution in [3.05, 3.63) is 64.7 Å². The first-order valence-electron chi connectivity index (χ1n) is 8.93. The Labute approximate surface area is 168 Å². The molecule has 5 nitrogen and oxygen atoms in total. The van der Waals surface area contributed by atoms with E-state index in [0.717, 1.165) is 40.7 Å². The summed E-state index contributed by atoms with van der Waals surface area (Å²) >= 11 is 7.78. The number of ether oxygens (including phenoxy) is 1. The van der Waals surface area contributed by atoms with Crippen LogP contribution in [-0.4, -0.2) is 41.1 Å². The summed E-state index contributed by atoms with van der Waals surface area (Å²) in [5, 5.41) is 10.6. The summed E-state index contributed by atoms with van der Waals surface area (Å²) in [6, 6.07) is 16.4. The van der Waals surface area contributed by atoms with Crippen LogP contribution in [0.1, 0.15) is 11.1 Å². The number of hydrogen-bond acceptors (Lipinski definition) is 5. The van der Waals surface area contributed by atoms with E-state index >= 15 is 0 Å². The molecule has 0 aliphatic carbocycles. The third-order valence-corrected chi connectivity index (χ3v) is 5.69. The molecular weight excluding hydrogens is 380 g/mol. The van der Waals surface area contributed by atoms with Gasteiger partial charge in [-0.05, 0) is 36.8 Å². The van der Waals surface area contributed by atoms with Crippen LogP contribution >= 0.6 is 23.4 Å². The van der Waals surface area contributed by atoms with Crippen molar-refractivity contribution in [3.63, 3.8) is 0 Å². The fourth-order valence-corrected chi connectivity index (χ4v) is 4.12. The number of thioether (sulfide) groups is 1. The Morgan fingerprint density at radius 3 is 2.59 bits per heavy atom. The number of halogens is 1. The molecule has 7 heteroatoms. The van der Waals surface area contributed by atoms with E-state index in [1.807, 2.05) is 18.2 Å². The van der Waals surface area contributed by atoms with Crippen molar-refractivity contribution in [2.75, 3.05) is 31.2 Å². The van der Waals surface area contributed by atoms with Crippen LogP contribution in [0.2, 0.25) is 5.02 Å². The Bertz CT molecular complexity index is 907. The molecule has 27 heavy (non-hydrogen) atoms. The number of rotatable bonds is 5. The van der Waals surface area contributed by atoms with E-state index in [2.05, 4.69) is 56.9 Å². The fraction of sp³-hybridized carbons (Fsp3) is 0.300. The van der Waals surface area contributed by atoms with Gasteiger partial charge in [-0.15, -0.1) is 10.2 Å². The predicted molar refractivity (Wildman–Crippen MR) is 110 cm³/mol. The van der Waals surface area contributed by atoms with Gasteiger partial charge in [0, 0.05) is 23.9 Å². The van der Waals surface area contributed by atoms with E-state index in [9.17, 15) is 0 Å². The van der Waals surface area contributed by atoms with Crippen molar-refractivity contribution in [3.8, 4) is 5.69 Å². The summed E-state index contributed by atoms with van der Waals surface area (Å²) in [5.74, 6) is 1.66. The zero-order valence-electron chi connectivity index (χ0n) is 15.1. The highest BCUT2D eigenvalue weighted by molar-refractivity contribution is 7.98. The van der Waals surface area contributed by atoms with Gasteiger partial charge in [0.15, 0.2) is 5.16 Å². The van der Waals surface area contributed by atoms with Gasteiger partial charge in [0.1, 0.15) is 0 Å². The Hall–Kier alpha value is -2.02. The van der Waals surface area contributed by atoms with Gasteiger partial charge in [0.05, 0.1) is 18.9 Å². The van der Waals surface area contributed by atoms with Crippen LogP contribution in [0.4, 0.5) is 5.95 Å². The lowest BCUT2D eigenvalue weighted by molar-refractivity contribution is 0.122. The number of anilines is 1. The first-order chi connectivity index (χ1) is 13.2. The predicted octanol–water partition coefficient (Wildman–Crippen LogP) is 4.36. The summed E-state index contributed by atoms with van der Waals surface area (Å²) in [7, 11) is 0. The molecule has 0 bridgehead atoms. The average molecular weight is 401 g/mol. The standard InChI is InChI=1S/C20H21ClN4OS/c1-15-5-7-18(8-6-15)25-19(24-9-11-26-12-10-24)22-23-20(25)27-14-16-3-2-4-17(21)13-16/h2-8,13H,9-12,14H2,1H3. The van der Waals surface area contributed by atoms with Crippen molar-refractivity contribution in [1.29, 1.82) is 0 Å². The average Bonchev–Trinajstić information content (AvgIpc) is 3.12. The van der Waals surface area contributed by atoms with Crippen LogP contribution in [0.5, 0.6) is 0 Å². The van der Waals surface area contributed by atoms with E-state index in [1.165, 1.54) is 11.1 Å². The largest absolute Gasteiger partial charge is 0.378 e. The second-order valence-corrected chi connectivity index (χ2v) is 7.85. The quantitative estimate of drug-likeness (QED) is 0.595. The highest BCUT2D eigenvalue weighted by atomic mass is 35.5. The molecule has 0 spiro atoms. The second kappa shape index (κ2) is 8.33. The van der Waals surface area contributed by atoms with E-state index < -0.39 is 0 Å². The molecule has 0 atom stereocenters. The van der Waals surface area contributed by atoms with Crippen LogP contribution in [0.3, 0.4) is 0 Å². The van der Waals surface area contributed by atoms with E-state index in [-0.39, 0.29) is 0 Å². The molecule has 1 aliphatic heterocycles. The molecule has 1 saturated heterocycles. The molecule has 3 aromatic rings. The molecule has 140 valence electrons. The van der Waals surface area contributed by atoms with Crippen molar-refractivity contribution in [2.45, 2.75) is 17.8 Å². The Balaban J connectivity index is 1.65. The number of aryl methyl sites for hydroxylation is 1. The van der Waals surface area contributed by atoms with Crippen molar-refractivity contribution < 1.29 is 4.74 Å². The van der Waals surface area contributed by atoms with Crippen LogP contribution < -0.4 is 4.90 Å². The summed E-state index contributed by atoms with van der Waals surface area (Å²) in [4.78, 5) is 2.24. The highest BCUT2D eigenvalue weighted by Gasteiger charge is 2.21. The summed E-state index contributed by atoms with van der Waals surface area (Å²) in [5.41, 5.74) is 3.47. The summed E-state index contributed by atoms with van der Waals surface area (Å²) in [6.07, 6.45) is 0. The van der Waals surface area contributed by atoms with Gasteiger partial charge in [-0.2, -0.15) is 0 Å². The first kappa shape index (κ1) is 18.3. The minimum Gasteiger partial charge on any atom is -0.378 e. The van der Waals surface area contributed by atoms with E-state index in [4.69, 9.17) is 16.3 Å². The minimum absolute atomic E-state index is 0.714. The Morgan fingerprint density at radius 1 is 1.07 bits per heavy atom. The molecule has 2 aromatic carbocycles. The van der Waals surface area contributed by atoms with Gasteiger partial charge in [0.2, 0.25) is 5.95 Å². The fourth-order valence-electron chi connectivity index (χ4n) is 3.02. The maximum Gasteiger partial charge on any atom is 0.232 e. The molecular formula is C20H21ClN4OS. The van der Waals surface area contributed by atoms with Crippen LogP contribution in [0.15, 0.2) is 53.7 Å². The molecule has 4 rings (SSSR count). The van der Waals surface area contributed by atoms with Gasteiger partial charge in [-0.3, -0.25) is 4.57 Å². The highest BCUT2D eigenvalue weighted by Crippen LogP contribution is 2.29. The molecule has 2 heterocycles. The van der Waals surface area contributed by atoms with E-state index in [1.54, 1.807) is 11.8 Å². The van der Waals surface area contributed by atoms with Crippen LogP contribution in [0, 0.1) is 6.92 Å². The number of nitrogens with zero attached hydrogens (tertiary/aromatic N) is 4. The van der Waals surface area contributed by atoms with Gasteiger partial charge in [-0.25, -0.2) is 0 Å².